The number of hydrogen-bond donors (Lipinski definition) is 2. The molecule has 0 aromatic heterocycles. The highest BCUT2D eigenvalue weighted by Gasteiger charge is 2.16. The third-order valence-corrected chi connectivity index (χ3v) is 4.34. The number of hydrogen-bond acceptors (Lipinski definition) is 5. The van der Waals surface area contributed by atoms with E-state index in [1.807, 2.05) is 36.4 Å². The molecule has 3 aromatic rings. The molecule has 4 rings (SSSR count). The van der Waals surface area contributed by atoms with Crippen LogP contribution in [0.4, 0.5) is 17.1 Å². The summed E-state index contributed by atoms with van der Waals surface area (Å²) < 4.78 is 10.6. The van der Waals surface area contributed by atoms with E-state index in [1.165, 1.54) is 6.92 Å². The molecule has 1 aliphatic rings. The molecule has 0 aliphatic carbocycles. The van der Waals surface area contributed by atoms with Crippen molar-refractivity contribution in [1.29, 1.82) is 0 Å². The SMILES string of the molecule is CC(=O)c1cccc(Nc2ccc(NC(=O)c3ccc4c(c3)OCO4)cc2)c1. The molecule has 1 amide bonds. The molecule has 0 spiro atoms. The Morgan fingerprint density at radius 3 is 2.32 bits per heavy atom. The van der Waals surface area contributed by atoms with Crippen LogP contribution in [0, 0.1) is 0 Å². The van der Waals surface area contributed by atoms with Crippen LogP contribution in [0.2, 0.25) is 0 Å². The van der Waals surface area contributed by atoms with Crippen LogP contribution < -0.4 is 20.1 Å². The number of carbonyl (C=O) groups excluding carboxylic acids is 2. The monoisotopic (exact) mass is 374 g/mol. The fourth-order valence-corrected chi connectivity index (χ4v) is 2.86. The van der Waals surface area contributed by atoms with Crippen molar-refractivity contribution in [2.24, 2.45) is 0 Å². The number of Topliss-reactive ketones (excluding diaryl/α,β-unsaturated/α-hetero) is 1. The second-order valence-corrected chi connectivity index (χ2v) is 6.36. The second-order valence-electron chi connectivity index (χ2n) is 6.36. The smallest absolute Gasteiger partial charge is 0.255 e. The van der Waals surface area contributed by atoms with Crippen LogP contribution in [-0.2, 0) is 0 Å². The number of anilines is 3. The van der Waals surface area contributed by atoms with Gasteiger partial charge in [0.05, 0.1) is 0 Å². The fourth-order valence-electron chi connectivity index (χ4n) is 2.86. The van der Waals surface area contributed by atoms with Gasteiger partial charge in [0.25, 0.3) is 5.91 Å². The Balaban J connectivity index is 1.42. The summed E-state index contributed by atoms with van der Waals surface area (Å²) in [6.07, 6.45) is 0. The van der Waals surface area contributed by atoms with Gasteiger partial charge < -0.3 is 20.1 Å². The third-order valence-electron chi connectivity index (χ3n) is 4.34. The van der Waals surface area contributed by atoms with Crippen molar-refractivity contribution in [3.05, 3.63) is 77.9 Å². The number of ether oxygens (including phenoxy) is 2. The molecule has 3 aromatic carbocycles. The highest BCUT2D eigenvalue weighted by Crippen LogP contribution is 2.32. The van der Waals surface area contributed by atoms with Crippen molar-refractivity contribution in [3.63, 3.8) is 0 Å². The van der Waals surface area contributed by atoms with E-state index in [0.29, 0.717) is 28.3 Å². The molecule has 0 bridgehead atoms. The maximum atomic E-state index is 12.4. The average molecular weight is 374 g/mol. The van der Waals surface area contributed by atoms with Gasteiger partial charge in [0.1, 0.15) is 0 Å². The standard InChI is InChI=1S/C22H18N2O4/c1-14(25)15-3-2-4-19(11-15)23-17-6-8-18(9-7-17)24-22(26)16-5-10-20-21(12-16)28-13-27-20/h2-12,23H,13H2,1H3,(H,24,26). The van der Waals surface area contributed by atoms with Gasteiger partial charge in [-0.05, 0) is 61.5 Å². The predicted molar refractivity (Wildman–Crippen MR) is 107 cm³/mol. The van der Waals surface area contributed by atoms with Gasteiger partial charge in [0.2, 0.25) is 6.79 Å². The Kier molecular flexibility index (Phi) is 4.68. The first-order valence-electron chi connectivity index (χ1n) is 8.77. The molecule has 0 fully saturated rings. The summed E-state index contributed by atoms with van der Waals surface area (Å²) in [5.74, 6) is 0.999. The van der Waals surface area contributed by atoms with Crippen LogP contribution in [0.15, 0.2) is 66.7 Å². The Morgan fingerprint density at radius 2 is 1.54 bits per heavy atom. The lowest BCUT2D eigenvalue weighted by molar-refractivity contribution is 0.101. The zero-order valence-electron chi connectivity index (χ0n) is 15.2. The highest BCUT2D eigenvalue weighted by molar-refractivity contribution is 6.04. The van der Waals surface area contributed by atoms with Crippen LogP contribution in [0.5, 0.6) is 11.5 Å². The molecule has 0 atom stereocenters. The number of benzene rings is 3. The average Bonchev–Trinajstić information content (AvgIpc) is 3.17. The first-order valence-corrected chi connectivity index (χ1v) is 8.77. The normalized spacial score (nSPS) is 11.8. The molecule has 0 unspecified atom stereocenters. The van der Waals surface area contributed by atoms with Crippen LogP contribution in [0.25, 0.3) is 0 Å². The number of ketones is 1. The Labute approximate surface area is 162 Å². The Bertz CT molecular complexity index is 1040. The van der Waals surface area contributed by atoms with Crippen molar-refractivity contribution < 1.29 is 19.1 Å². The summed E-state index contributed by atoms with van der Waals surface area (Å²) in [5.41, 5.74) is 3.49. The zero-order valence-corrected chi connectivity index (χ0v) is 15.2. The van der Waals surface area contributed by atoms with Crippen molar-refractivity contribution >= 4 is 28.8 Å². The molecular formula is C22H18N2O4. The summed E-state index contributed by atoms with van der Waals surface area (Å²) in [6.45, 7) is 1.71. The van der Waals surface area contributed by atoms with E-state index in [9.17, 15) is 9.59 Å². The van der Waals surface area contributed by atoms with Crippen molar-refractivity contribution in [1.82, 2.24) is 0 Å². The van der Waals surface area contributed by atoms with E-state index in [-0.39, 0.29) is 18.5 Å². The van der Waals surface area contributed by atoms with Gasteiger partial charge in [-0.1, -0.05) is 12.1 Å². The molecular weight excluding hydrogens is 356 g/mol. The minimum Gasteiger partial charge on any atom is -0.454 e. The number of carbonyl (C=O) groups is 2. The van der Waals surface area contributed by atoms with Gasteiger partial charge in [0.15, 0.2) is 17.3 Å². The second kappa shape index (κ2) is 7.44. The van der Waals surface area contributed by atoms with E-state index >= 15 is 0 Å². The van der Waals surface area contributed by atoms with Crippen LogP contribution in [0.1, 0.15) is 27.6 Å². The summed E-state index contributed by atoms with van der Waals surface area (Å²) >= 11 is 0. The molecule has 0 saturated heterocycles. The van der Waals surface area contributed by atoms with E-state index in [4.69, 9.17) is 9.47 Å². The molecule has 140 valence electrons. The molecule has 28 heavy (non-hydrogen) atoms. The fraction of sp³-hybridized carbons (Fsp3) is 0.0909. The molecule has 2 N–H and O–H groups in total. The van der Waals surface area contributed by atoms with Gasteiger partial charge in [0, 0.05) is 28.2 Å². The van der Waals surface area contributed by atoms with Gasteiger partial charge in [-0.15, -0.1) is 0 Å². The van der Waals surface area contributed by atoms with E-state index in [2.05, 4.69) is 10.6 Å². The Morgan fingerprint density at radius 1 is 0.786 bits per heavy atom. The molecule has 0 saturated carbocycles. The van der Waals surface area contributed by atoms with E-state index < -0.39 is 0 Å². The lowest BCUT2D eigenvalue weighted by Gasteiger charge is -2.10. The van der Waals surface area contributed by atoms with Gasteiger partial charge in [-0.2, -0.15) is 0 Å². The molecule has 6 heteroatoms. The first kappa shape index (κ1) is 17.6. The summed E-state index contributed by atoms with van der Waals surface area (Å²) in [4.78, 5) is 23.9. The first-order chi connectivity index (χ1) is 13.6. The highest BCUT2D eigenvalue weighted by atomic mass is 16.7. The third kappa shape index (κ3) is 3.81. The summed E-state index contributed by atoms with van der Waals surface area (Å²) in [5, 5.41) is 6.10. The number of nitrogens with one attached hydrogen (secondary N) is 2. The number of amides is 1. The maximum Gasteiger partial charge on any atom is 0.255 e. The summed E-state index contributed by atoms with van der Waals surface area (Å²) in [6, 6.07) is 19.7. The minimum atomic E-state index is -0.229. The van der Waals surface area contributed by atoms with Crippen LogP contribution >= 0.6 is 0 Å². The summed E-state index contributed by atoms with van der Waals surface area (Å²) in [7, 11) is 0. The lowest BCUT2D eigenvalue weighted by Crippen LogP contribution is -2.11. The maximum absolute atomic E-state index is 12.4. The quantitative estimate of drug-likeness (QED) is 0.638. The van der Waals surface area contributed by atoms with Crippen molar-refractivity contribution in [2.75, 3.05) is 17.4 Å². The van der Waals surface area contributed by atoms with Crippen LogP contribution in [-0.4, -0.2) is 18.5 Å². The van der Waals surface area contributed by atoms with Crippen LogP contribution in [0.3, 0.4) is 0 Å². The number of rotatable bonds is 5. The lowest BCUT2D eigenvalue weighted by atomic mass is 10.1. The minimum absolute atomic E-state index is 0.0187. The molecule has 1 aliphatic heterocycles. The predicted octanol–water partition coefficient (Wildman–Crippen LogP) is 4.61. The number of fused-ring (bicyclic) bond motifs is 1. The van der Waals surface area contributed by atoms with E-state index in [0.717, 1.165) is 11.4 Å². The topological polar surface area (TPSA) is 76.7 Å². The molecule has 0 radical (unpaired) electrons. The van der Waals surface area contributed by atoms with Crippen molar-refractivity contribution in [3.8, 4) is 11.5 Å². The zero-order chi connectivity index (χ0) is 19.5. The van der Waals surface area contributed by atoms with Gasteiger partial charge in [-0.25, -0.2) is 0 Å². The Hall–Kier alpha value is -3.80. The molecule has 1 heterocycles. The van der Waals surface area contributed by atoms with E-state index in [1.54, 1.807) is 30.3 Å². The molecule has 6 nitrogen and oxygen atoms in total. The van der Waals surface area contributed by atoms with Gasteiger partial charge >= 0.3 is 0 Å². The van der Waals surface area contributed by atoms with Gasteiger partial charge in [-0.3, -0.25) is 9.59 Å². The van der Waals surface area contributed by atoms with Crippen molar-refractivity contribution in [2.45, 2.75) is 6.92 Å². The largest absolute Gasteiger partial charge is 0.454 e.